The van der Waals surface area contributed by atoms with Gasteiger partial charge in [-0.1, -0.05) is 32.9 Å². The summed E-state index contributed by atoms with van der Waals surface area (Å²) < 4.78 is 0. The smallest absolute Gasteiger partial charge is 0.0434 e. The Kier molecular flexibility index (Phi) is 7.98. The maximum Gasteiger partial charge on any atom is 0.0434 e. The zero-order valence-electron chi connectivity index (χ0n) is 10.8. The summed E-state index contributed by atoms with van der Waals surface area (Å²) in [6, 6.07) is 0. The number of rotatable bonds is 3. The van der Waals surface area contributed by atoms with Crippen molar-refractivity contribution >= 4 is 6.21 Å². The van der Waals surface area contributed by atoms with Crippen molar-refractivity contribution in [3.8, 4) is 0 Å². The predicted octanol–water partition coefficient (Wildman–Crippen LogP) is 4.90. The van der Waals surface area contributed by atoms with Crippen molar-refractivity contribution in [2.24, 2.45) is 4.99 Å². The molecule has 0 radical (unpaired) electrons. The molecule has 0 bridgehead atoms. The third-order valence-corrected chi connectivity index (χ3v) is 2.38. The molecule has 1 aliphatic rings. The zero-order chi connectivity index (χ0) is 11.7. The number of hydrogen-bond donors (Lipinski definition) is 0. The molecule has 0 aromatic rings. The quantitative estimate of drug-likeness (QED) is 0.584. The molecule has 0 aromatic carbocycles. The highest BCUT2D eigenvalue weighted by molar-refractivity contribution is 5.59. The molecule has 0 spiro atoms. The zero-order valence-corrected chi connectivity index (χ0v) is 10.8. The molecule has 86 valence electrons. The number of aliphatic imine (C=N–C) groups is 1. The monoisotopic (exact) mass is 207 g/mol. The van der Waals surface area contributed by atoms with E-state index in [2.05, 4.69) is 25.4 Å². The lowest BCUT2D eigenvalue weighted by molar-refractivity contribution is 0.672. The molecule has 0 unspecified atom stereocenters. The predicted molar refractivity (Wildman–Crippen MR) is 70.4 cm³/mol. The maximum atomic E-state index is 4.50. The van der Waals surface area contributed by atoms with Gasteiger partial charge in [0.2, 0.25) is 0 Å². The van der Waals surface area contributed by atoms with Gasteiger partial charge in [-0.15, -0.1) is 0 Å². The molecule has 1 rings (SSSR count). The largest absolute Gasteiger partial charge is 0.265 e. The Labute approximate surface area is 95.0 Å². The van der Waals surface area contributed by atoms with Gasteiger partial charge in [-0.05, 0) is 44.6 Å². The Morgan fingerprint density at radius 3 is 2.47 bits per heavy atom. The summed E-state index contributed by atoms with van der Waals surface area (Å²) in [6.45, 7) is 12.2. The molecule has 0 fully saturated rings. The highest BCUT2D eigenvalue weighted by Crippen LogP contribution is 2.29. The highest BCUT2D eigenvalue weighted by atomic mass is 14.7. The molecule has 1 nitrogen and oxygen atoms in total. The Morgan fingerprint density at radius 1 is 1.33 bits per heavy atom. The fourth-order valence-electron chi connectivity index (χ4n) is 1.69. The van der Waals surface area contributed by atoms with Gasteiger partial charge in [0, 0.05) is 11.9 Å². The molecule has 0 atom stereocenters. The van der Waals surface area contributed by atoms with Crippen LogP contribution in [0, 0.1) is 0 Å². The van der Waals surface area contributed by atoms with E-state index in [9.17, 15) is 0 Å². The first-order valence-corrected chi connectivity index (χ1v) is 6.16. The van der Waals surface area contributed by atoms with Crippen LogP contribution in [0.4, 0.5) is 0 Å². The molecule has 0 N–H and O–H groups in total. The highest BCUT2D eigenvalue weighted by Gasteiger charge is 2.11. The van der Waals surface area contributed by atoms with Crippen LogP contribution in [0.1, 0.15) is 59.8 Å². The van der Waals surface area contributed by atoms with Crippen LogP contribution in [-0.2, 0) is 0 Å². The van der Waals surface area contributed by atoms with Crippen molar-refractivity contribution in [3.05, 3.63) is 23.4 Å². The van der Waals surface area contributed by atoms with E-state index in [0.717, 1.165) is 12.8 Å². The topological polar surface area (TPSA) is 12.4 Å². The second-order valence-corrected chi connectivity index (χ2v) is 3.63. The van der Waals surface area contributed by atoms with Crippen LogP contribution in [0.25, 0.3) is 0 Å². The molecular formula is C14H25N. The lowest BCUT2D eigenvalue weighted by atomic mass is 9.92. The van der Waals surface area contributed by atoms with Gasteiger partial charge in [0.1, 0.15) is 0 Å². The SMILES string of the molecule is C=C(C)C1=C(N=CCC)CCCC1.CC. The minimum atomic E-state index is 1.02. The summed E-state index contributed by atoms with van der Waals surface area (Å²) in [5.41, 5.74) is 3.87. The van der Waals surface area contributed by atoms with Crippen molar-refractivity contribution in [1.82, 2.24) is 0 Å². The second kappa shape index (κ2) is 8.46. The Morgan fingerprint density at radius 2 is 1.93 bits per heavy atom. The number of hydrogen-bond acceptors (Lipinski definition) is 1. The van der Waals surface area contributed by atoms with Gasteiger partial charge < -0.3 is 0 Å². The lowest BCUT2D eigenvalue weighted by Crippen LogP contribution is -1.99. The van der Waals surface area contributed by atoms with Crippen molar-refractivity contribution in [2.45, 2.75) is 59.8 Å². The first-order valence-electron chi connectivity index (χ1n) is 6.16. The Balaban J connectivity index is 0.000000921. The van der Waals surface area contributed by atoms with Crippen LogP contribution in [0.5, 0.6) is 0 Å². The van der Waals surface area contributed by atoms with E-state index < -0.39 is 0 Å². The van der Waals surface area contributed by atoms with Crippen LogP contribution in [0.15, 0.2) is 28.4 Å². The van der Waals surface area contributed by atoms with Gasteiger partial charge in [-0.25, -0.2) is 0 Å². The molecule has 1 aliphatic carbocycles. The van der Waals surface area contributed by atoms with Crippen LogP contribution < -0.4 is 0 Å². The molecule has 0 saturated carbocycles. The van der Waals surface area contributed by atoms with Crippen molar-refractivity contribution in [3.63, 3.8) is 0 Å². The molecule has 0 heterocycles. The minimum Gasteiger partial charge on any atom is -0.265 e. The van der Waals surface area contributed by atoms with Gasteiger partial charge in [0.05, 0.1) is 0 Å². The molecule has 1 heteroatoms. The van der Waals surface area contributed by atoms with E-state index in [0.29, 0.717) is 0 Å². The van der Waals surface area contributed by atoms with Crippen molar-refractivity contribution in [2.75, 3.05) is 0 Å². The van der Waals surface area contributed by atoms with E-state index in [1.165, 1.54) is 36.1 Å². The summed E-state index contributed by atoms with van der Waals surface area (Å²) >= 11 is 0. The minimum absolute atomic E-state index is 1.02. The Bertz CT molecular complexity index is 246. The van der Waals surface area contributed by atoms with Crippen LogP contribution in [0.3, 0.4) is 0 Å². The summed E-state index contributed by atoms with van der Waals surface area (Å²) in [5, 5.41) is 0. The number of allylic oxidation sites excluding steroid dienone is 3. The molecule has 0 aliphatic heterocycles. The maximum absolute atomic E-state index is 4.50. The molecule has 15 heavy (non-hydrogen) atoms. The first-order chi connectivity index (χ1) is 7.25. The van der Waals surface area contributed by atoms with E-state index in [-0.39, 0.29) is 0 Å². The summed E-state index contributed by atoms with van der Waals surface area (Å²) in [4.78, 5) is 4.50. The fourth-order valence-corrected chi connectivity index (χ4v) is 1.69. The Hall–Kier alpha value is -0.850. The van der Waals surface area contributed by atoms with E-state index in [1.807, 2.05) is 20.1 Å². The van der Waals surface area contributed by atoms with Gasteiger partial charge in [-0.2, -0.15) is 0 Å². The van der Waals surface area contributed by atoms with Crippen molar-refractivity contribution in [1.29, 1.82) is 0 Å². The average molecular weight is 207 g/mol. The van der Waals surface area contributed by atoms with Gasteiger partial charge in [0.15, 0.2) is 0 Å². The third kappa shape index (κ3) is 4.96. The van der Waals surface area contributed by atoms with E-state index >= 15 is 0 Å². The third-order valence-electron chi connectivity index (χ3n) is 2.38. The number of nitrogens with zero attached hydrogens (tertiary/aromatic N) is 1. The second-order valence-electron chi connectivity index (χ2n) is 3.63. The van der Waals surface area contributed by atoms with Crippen LogP contribution in [0.2, 0.25) is 0 Å². The standard InChI is InChI=1S/C12H19N.C2H6/c1-4-9-13-12-8-6-5-7-11(12)10(2)3;1-2/h9H,2,4-8H2,1,3H3;1-2H3. The van der Waals surface area contributed by atoms with Gasteiger partial charge in [0.25, 0.3) is 0 Å². The summed E-state index contributed by atoms with van der Waals surface area (Å²) in [7, 11) is 0. The summed E-state index contributed by atoms with van der Waals surface area (Å²) in [5.74, 6) is 0. The fraction of sp³-hybridized carbons (Fsp3) is 0.643. The van der Waals surface area contributed by atoms with E-state index in [1.54, 1.807) is 0 Å². The van der Waals surface area contributed by atoms with Crippen LogP contribution >= 0.6 is 0 Å². The molecule has 0 aromatic heterocycles. The van der Waals surface area contributed by atoms with Gasteiger partial charge in [-0.3, -0.25) is 4.99 Å². The summed E-state index contributed by atoms with van der Waals surface area (Å²) in [6.07, 6.45) is 7.92. The molecule has 0 saturated heterocycles. The normalized spacial score (nSPS) is 16.3. The van der Waals surface area contributed by atoms with Crippen LogP contribution in [-0.4, -0.2) is 6.21 Å². The molecule has 0 amide bonds. The average Bonchev–Trinajstić information content (AvgIpc) is 2.29. The first kappa shape index (κ1) is 14.2. The van der Waals surface area contributed by atoms with Crippen molar-refractivity contribution < 1.29 is 0 Å². The lowest BCUT2D eigenvalue weighted by Gasteiger charge is -2.17. The van der Waals surface area contributed by atoms with E-state index in [4.69, 9.17) is 0 Å². The van der Waals surface area contributed by atoms with Gasteiger partial charge >= 0.3 is 0 Å². The molecular weight excluding hydrogens is 182 g/mol.